The zero-order valence-electron chi connectivity index (χ0n) is 7.90. The monoisotopic (exact) mass is 155 g/mol. The van der Waals surface area contributed by atoms with Crippen LogP contribution in [-0.2, 0) is 0 Å². The summed E-state index contributed by atoms with van der Waals surface area (Å²) < 4.78 is 0. The van der Waals surface area contributed by atoms with E-state index in [9.17, 15) is 0 Å². The van der Waals surface area contributed by atoms with E-state index in [-0.39, 0.29) is 0 Å². The van der Waals surface area contributed by atoms with Gasteiger partial charge in [-0.2, -0.15) is 0 Å². The van der Waals surface area contributed by atoms with Crippen LogP contribution in [0.5, 0.6) is 0 Å². The molecule has 2 atom stereocenters. The third-order valence-electron chi connectivity index (χ3n) is 2.58. The second-order valence-corrected chi connectivity index (χ2v) is 3.37. The fraction of sp³-hybridized carbons (Fsp3) is 1.00. The van der Waals surface area contributed by atoms with Gasteiger partial charge < -0.3 is 5.32 Å². The summed E-state index contributed by atoms with van der Waals surface area (Å²) in [5.41, 5.74) is 0. The minimum Gasteiger partial charge on any atom is -0.308 e. The Morgan fingerprint density at radius 1 is 0.818 bits per heavy atom. The molecule has 0 amide bonds. The third-order valence-corrected chi connectivity index (χ3v) is 2.58. The van der Waals surface area contributed by atoms with Gasteiger partial charge in [-0.1, -0.05) is 39.5 Å². The molecule has 1 nitrogen and oxygen atoms in total. The van der Waals surface area contributed by atoms with Crippen molar-refractivity contribution in [2.24, 2.45) is 0 Å². The van der Waals surface area contributed by atoms with Crippen molar-refractivity contribution < 1.29 is 0 Å². The lowest BCUT2D eigenvalue weighted by Gasteiger charge is -2.03. The normalized spacial score (nSPS) is 35.5. The summed E-state index contributed by atoms with van der Waals surface area (Å²) >= 11 is 0. The largest absolute Gasteiger partial charge is 0.308 e. The third kappa shape index (κ3) is 2.82. The van der Waals surface area contributed by atoms with Crippen LogP contribution >= 0.6 is 0 Å². The zero-order valence-corrected chi connectivity index (χ0v) is 7.90. The second-order valence-electron chi connectivity index (χ2n) is 3.37. The molecule has 0 aromatic heterocycles. The summed E-state index contributed by atoms with van der Waals surface area (Å²) in [6, 6.07) is 1.87. The molecule has 1 heterocycles. The van der Waals surface area contributed by atoms with E-state index in [0.717, 1.165) is 12.1 Å². The molecule has 2 fully saturated rings. The first kappa shape index (κ1) is 9.05. The Balaban J connectivity index is 0.000000281. The van der Waals surface area contributed by atoms with Crippen LogP contribution in [-0.4, -0.2) is 12.1 Å². The molecule has 2 rings (SSSR count). The van der Waals surface area contributed by atoms with Crippen LogP contribution in [0.2, 0.25) is 0 Å². The summed E-state index contributed by atoms with van der Waals surface area (Å²) in [5.74, 6) is 0. The average molecular weight is 155 g/mol. The summed E-state index contributed by atoms with van der Waals surface area (Å²) in [4.78, 5) is 0. The van der Waals surface area contributed by atoms with E-state index in [4.69, 9.17) is 0 Å². The maximum Gasteiger partial charge on any atom is 0.0224 e. The summed E-state index contributed by atoms with van der Waals surface area (Å²) in [7, 11) is 0. The van der Waals surface area contributed by atoms with Gasteiger partial charge in [-0.05, 0) is 12.8 Å². The predicted octanol–water partition coefficient (Wildman–Crippen LogP) is 2.71. The van der Waals surface area contributed by atoms with Crippen molar-refractivity contribution in [3.05, 3.63) is 0 Å². The highest BCUT2D eigenvalue weighted by Crippen LogP contribution is 2.26. The number of hydrogen-bond donors (Lipinski definition) is 1. The molecule has 11 heavy (non-hydrogen) atoms. The lowest BCUT2D eigenvalue weighted by atomic mass is 10.0. The molecule has 0 bridgehead atoms. The second kappa shape index (κ2) is 4.76. The molecule has 1 aliphatic heterocycles. The average Bonchev–Trinajstić information content (AvgIpc) is 2.71. The first-order valence-electron chi connectivity index (χ1n) is 5.23. The van der Waals surface area contributed by atoms with Crippen LogP contribution in [0.25, 0.3) is 0 Å². The van der Waals surface area contributed by atoms with E-state index >= 15 is 0 Å². The number of fused-ring (bicyclic) bond motifs is 1. The minimum atomic E-state index is 0.935. The Labute approximate surface area is 70.6 Å². The molecular weight excluding hydrogens is 134 g/mol. The van der Waals surface area contributed by atoms with Gasteiger partial charge in [0.2, 0.25) is 0 Å². The summed E-state index contributed by atoms with van der Waals surface area (Å²) in [6.45, 7) is 4.00. The van der Waals surface area contributed by atoms with Gasteiger partial charge in [-0.15, -0.1) is 0 Å². The fourth-order valence-corrected chi connectivity index (χ4v) is 1.87. The van der Waals surface area contributed by atoms with Gasteiger partial charge >= 0.3 is 0 Å². The summed E-state index contributed by atoms with van der Waals surface area (Å²) in [6.07, 6.45) is 8.79. The highest BCUT2D eigenvalue weighted by Gasteiger charge is 2.34. The van der Waals surface area contributed by atoms with Crippen molar-refractivity contribution in [3.8, 4) is 0 Å². The molecule has 0 aromatic carbocycles. The van der Waals surface area contributed by atoms with E-state index in [1.54, 1.807) is 0 Å². The Hall–Kier alpha value is -0.0400. The van der Waals surface area contributed by atoms with E-state index in [1.165, 1.54) is 38.5 Å². The van der Waals surface area contributed by atoms with Crippen molar-refractivity contribution >= 4 is 0 Å². The summed E-state index contributed by atoms with van der Waals surface area (Å²) in [5, 5.41) is 3.51. The molecular formula is C10H21N. The van der Waals surface area contributed by atoms with Gasteiger partial charge in [0.15, 0.2) is 0 Å². The first-order chi connectivity index (χ1) is 5.47. The van der Waals surface area contributed by atoms with Gasteiger partial charge in [0.05, 0.1) is 0 Å². The van der Waals surface area contributed by atoms with Crippen molar-refractivity contribution in [2.75, 3.05) is 0 Å². The predicted molar refractivity (Wildman–Crippen MR) is 49.8 cm³/mol. The van der Waals surface area contributed by atoms with Crippen LogP contribution in [0.3, 0.4) is 0 Å². The van der Waals surface area contributed by atoms with Crippen molar-refractivity contribution in [1.82, 2.24) is 5.32 Å². The first-order valence-corrected chi connectivity index (χ1v) is 5.23. The maximum absolute atomic E-state index is 3.51. The highest BCUT2D eigenvalue weighted by molar-refractivity contribution is 4.97. The van der Waals surface area contributed by atoms with E-state index in [0.29, 0.717) is 0 Å². The van der Waals surface area contributed by atoms with Crippen LogP contribution in [0.4, 0.5) is 0 Å². The van der Waals surface area contributed by atoms with Gasteiger partial charge in [0.1, 0.15) is 0 Å². The van der Waals surface area contributed by atoms with Crippen LogP contribution in [0, 0.1) is 0 Å². The number of hydrogen-bond acceptors (Lipinski definition) is 1. The molecule has 0 radical (unpaired) electrons. The lowest BCUT2D eigenvalue weighted by Crippen LogP contribution is -1.97. The molecule has 0 unspecified atom stereocenters. The molecule has 1 saturated carbocycles. The van der Waals surface area contributed by atoms with Crippen LogP contribution in [0.15, 0.2) is 0 Å². The van der Waals surface area contributed by atoms with Crippen LogP contribution < -0.4 is 5.32 Å². The Kier molecular flexibility index (Phi) is 3.92. The van der Waals surface area contributed by atoms with E-state index < -0.39 is 0 Å². The standard InChI is InChI=1S/C8H15N.C2H6/c1-2-4-6-8-7(9-8)5-3-1;1-2/h7-9H,1-6H2;1-2H3/t7-,8+;. The lowest BCUT2D eigenvalue weighted by molar-refractivity contribution is 0.551. The van der Waals surface area contributed by atoms with Crippen LogP contribution in [0.1, 0.15) is 52.4 Å². The van der Waals surface area contributed by atoms with E-state index in [2.05, 4.69) is 5.32 Å². The highest BCUT2D eigenvalue weighted by atomic mass is 15.1. The molecule has 1 aliphatic carbocycles. The maximum atomic E-state index is 3.51. The molecule has 1 N–H and O–H groups in total. The van der Waals surface area contributed by atoms with Crippen molar-refractivity contribution in [1.29, 1.82) is 0 Å². The van der Waals surface area contributed by atoms with Gasteiger partial charge in [0, 0.05) is 12.1 Å². The molecule has 1 saturated heterocycles. The molecule has 1 heteroatoms. The van der Waals surface area contributed by atoms with E-state index in [1.807, 2.05) is 13.8 Å². The van der Waals surface area contributed by atoms with Gasteiger partial charge in [-0.25, -0.2) is 0 Å². The molecule has 0 spiro atoms. The van der Waals surface area contributed by atoms with Crippen molar-refractivity contribution in [3.63, 3.8) is 0 Å². The minimum absolute atomic E-state index is 0.935. The van der Waals surface area contributed by atoms with Gasteiger partial charge in [0.25, 0.3) is 0 Å². The van der Waals surface area contributed by atoms with Gasteiger partial charge in [-0.3, -0.25) is 0 Å². The molecule has 0 aromatic rings. The Morgan fingerprint density at radius 3 is 1.73 bits per heavy atom. The van der Waals surface area contributed by atoms with Crippen molar-refractivity contribution in [2.45, 2.75) is 64.5 Å². The number of rotatable bonds is 0. The fourth-order valence-electron chi connectivity index (χ4n) is 1.87. The smallest absolute Gasteiger partial charge is 0.0224 e. The quantitative estimate of drug-likeness (QED) is 0.534. The SMILES string of the molecule is C1CCC[C@H]2N[C@H]2CC1.CC. The zero-order chi connectivity index (χ0) is 8.10. The topological polar surface area (TPSA) is 21.9 Å². The Bertz CT molecular complexity index is 89.0. The molecule has 66 valence electrons. The number of nitrogens with one attached hydrogen (secondary N) is 1. The Morgan fingerprint density at radius 2 is 1.27 bits per heavy atom. The molecule has 2 aliphatic rings.